The van der Waals surface area contributed by atoms with Crippen LogP contribution in [-0.4, -0.2) is 36.9 Å². The van der Waals surface area contributed by atoms with Crippen LogP contribution in [0.4, 0.5) is 0 Å². The van der Waals surface area contributed by atoms with Gasteiger partial charge < -0.3 is 14.6 Å². The maximum absolute atomic E-state index is 12.8. The Kier molecular flexibility index (Phi) is 20.0. The van der Waals surface area contributed by atoms with E-state index in [1.54, 1.807) is 6.92 Å². The molecule has 0 radical (unpaired) electrons. The molecule has 5 nitrogen and oxygen atoms in total. The number of esters is 2. The molecule has 0 saturated carbocycles. The van der Waals surface area contributed by atoms with Crippen LogP contribution in [0.2, 0.25) is 0 Å². The molecule has 0 spiro atoms. The van der Waals surface area contributed by atoms with Crippen LogP contribution in [0.1, 0.15) is 130 Å². The molecule has 0 atom stereocenters. The van der Waals surface area contributed by atoms with E-state index in [9.17, 15) is 9.59 Å². The molecule has 0 aromatic heterocycles. The van der Waals surface area contributed by atoms with E-state index in [4.69, 9.17) is 14.6 Å². The second-order valence-electron chi connectivity index (χ2n) is 9.03. The van der Waals surface area contributed by atoms with Crippen molar-refractivity contribution in [2.24, 2.45) is 5.41 Å². The number of unbranched alkanes of at least 4 members (excludes halogenated alkanes) is 13. The zero-order valence-electron chi connectivity index (χ0n) is 20.7. The van der Waals surface area contributed by atoms with E-state index >= 15 is 0 Å². The molecule has 0 aliphatic carbocycles. The fourth-order valence-electron chi connectivity index (χ4n) is 3.64. The molecular weight excluding hydrogens is 392 g/mol. The molecule has 31 heavy (non-hydrogen) atoms. The molecule has 184 valence electrons. The van der Waals surface area contributed by atoms with Crippen molar-refractivity contribution in [2.75, 3.05) is 19.8 Å². The van der Waals surface area contributed by atoms with E-state index in [1.165, 1.54) is 38.5 Å². The Balaban J connectivity index is 4.47. The van der Waals surface area contributed by atoms with Crippen molar-refractivity contribution in [3.63, 3.8) is 0 Å². The third-order valence-electron chi connectivity index (χ3n) is 5.95. The largest absolute Gasteiger partial charge is 0.465 e. The standard InChI is InChI=1S/C26H50O5/c1-4-6-8-10-14-18-22-30-24(28)26(3,20-16-12-13-17-21-27)25(29)31-23-19-15-11-9-7-5-2/h27H,4-23H2,1-3H3. The number of hydrogen-bond acceptors (Lipinski definition) is 5. The predicted molar refractivity (Wildman–Crippen MR) is 127 cm³/mol. The van der Waals surface area contributed by atoms with E-state index in [1.807, 2.05) is 0 Å². The molecule has 0 fully saturated rings. The number of aliphatic hydroxyl groups excluding tert-OH is 1. The zero-order chi connectivity index (χ0) is 23.2. The Hall–Kier alpha value is -1.10. The summed E-state index contributed by atoms with van der Waals surface area (Å²) >= 11 is 0. The highest BCUT2D eigenvalue weighted by molar-refractivity contribution is 5.99. The fraction of sp³-hybridized carbons (Fsp3) is 0.923. The highest BCUT2D eigenvalue weighted by Crippen LogP contribution is 2.29. The van der Waals surface area contributed by atoms with Gasteiger partial charge in [0.05, 0.1) is 13.2 Å². The van der Waals surface area contributed by atoms with Crippen LogP contribution in [0.5, 0.6) is 0 Å². The Morgan fingerprint density at radius 1 is 0.613 bits per heavy atom. The molecule has 0 rings (SSSR count). The molecule has 0 bridgehead atoms. The maximum Gasteiger partial charge on any atom is 0.323 e. The van der Waals surface area contributed by atoms with Gasteiger partial charge in [-0.2, -0.15) is 0 Å². The van der Waals surface area contributed by atoms with Crippen LogP contribution < -0.4 is 0 Å². The second-order valence-corrected chi connectivity index (χ2v) is 9.03. The molecule has 5 heteroatoms. The van der Waals surface area contributed by atoms with Crippen LogP contribution >= 0.6 is 0 Å². The van der Waals surface area contributed by atoms with Gasteiger partial charge in [-0.15, -0.1) is 0 Å². The van der Waals surface area contributed by atoms with Crippen molar-refractivity contribution in [1.29, 1.82) is 0 Å². The van der Waals surface area contributed by atoms with E-state index < -0.39 is 17.4 Å². The van der Waals surface area contributed by atoms with Crippen molar-refractivity contribution in [2.45, 2.75) is 130 Å². The summed E-state index contributed by atoms with van der Waals surface area (Å²) in [4.78, 5) is 25.6. The van der Waals surface area contributed by atoms with Crippen LogP contribution in [0, 0.1) is 5.41 Å². The Bertz CT molecular complexity index is 406. The van der Waals surface area contributed by atoms with E-state index in [0.717, 1.165) is 64.2 Å². The first-order valence-electron chi connectivity index (χ1n) is 13.0. The zero-order valence-corrected chi connectivity index (χ0v) is 20.7. The third-order valence-corrected chi connectivity index (χ3v) is 5.95. The normalized spacial score (nSPS) is 11.5. The average Bonchev–Trinajstić information content (AvgIpc) is 2.77. The van der Waals surface area contributed by atoms with E-state index in [-0.39, 0.29) is 6.61 Å². The summed E-state index contributed by atoms with van der Waals surface area (Å²) in [6, 6.07) is 0. The van der Waals surface area contributed by atoms with Gasteiger partial charge in [0.2, 0.25) is 0 Å². The number of aliphatic hydroxyl groups is 1. The lowest BCUT2D eigenvalue weighted by molar-refractivity contribution is -0.172. The highest BCUT2D eigenvalue weighted by atomic mass is 16.6. The molecule has 1 N–H and O–H groups in total. The molecule has 0 unspecified atom stereocenters. The monoisotopic (exact) mass is 442 g/mol. The second kappa shape index (κ2) is 20.8. The number of rotatable bonds is 22. The van der Waals surface area contributed by atoms with Crippen LogP contribution in [0.25, 0.3) is 0 Å². The summed E-state index contributed by atoms with van der Waals surface area (Å²) in [5.74, 6) is -0.896. The van der Waals surface area contributed by atoms with Gasteiger partial charge in [-0.25, -0.2) is 0 Å². The predicted octanol–water partition coefficient (Wildman–Crippen LogP) is 6.74. The molecule has 0 aromatic carbocycles. The summed E-state index contributed by atoms with van der Waals surface area (Å²) in [5, 5.41) is 8.93. The lowest BCUT2D eigenvalue weighted by atomic mass is 9.84. The van der Waals surface area contributed by atoms with Gasteiger partial charge in [-0.05, 0) is 32.6 Å². The van der Waals surface area contributed by atoms with Crippen molar-refractivity contribution < 1.29 is 24.2 Å². The van der Waals surface area contributed by atoms with Crippen LogP contribution in [0.15, 0.2) is 0 Å². The minimum atomic E-state index is -1.23. The lowest BCUT2D eigenvalue weighted by Crippen LogP contribution is -2.39. The molecular formula is C26H50O5. The van der Waals surface area contributed by atoms with Crippen molar-refractivity contribution >= 4 is 11.9 Å². The third kappa shape index (κ3) is 15.4. The highest BCUT2D eigenvalue weighted by Gasteiger charge is 2.43. The van der Waals surface area contributed by atoms with E-state index in [2.05, 4.69) is 13.8 Å². The van der Waals surface area contributed by atoms with Gasteiger partial charge in [0, 0.05) is 6.61 Å². The Morgan fingerprint density at radius 3 is 1.45 bits per heavy atom. The van der Waals surface area contributed by atoms with Gasteiger partial charge in [0.15, 0.2) is 5.41 Å². The Morgan fingerprint density at radius 2 is 1.00 bits per heavy atom. The topological polar surface area (TPSA) is 72.8 Å². The van der Waals surface area contributed by atoms with Crippen LogP contribution in [-0.2, 0) is 19.1 Å². The molecule has 0 amide bonds. The number of hydrogen-bond donors (Lipinski definition) is 1. The average molecular weight is 443 g/mol. The minimum absolute atomic E-state index is 0.178. The van der Waals surface area contributed by atoms with Crippen molar-refractivity contribution in [3.05, 3.63) is 0 Å². The summed E-state index contributed by atoms with van der Waals surface area (Å²) < 4.78 is 11.0. The molecule has 0 aromatic rings. The summed E-state index contributed by atoms with van der Waals surface area (Å²) in [6.45, 7) is 6.98. The van der Waals surface area contributed by atoms with Gasteiger partial charge in [-0.1, -0.05) is 97.3 Å². The summed E-state index contributed by atoms with van der Waals surface area (Å²) in [6.07, 6.45) is 17.2. The van der Waals surface area contributed by atoms with Gasteiger partial charge in [-0.3, -0.25) is 9.59 Å². The summed E-state index contributed by atoms with van der Waals surface area (Å²) in [5.41, 5.74) is -1.23. The first kappa shape index (κ1) is 29.9. The van der Waals surface area contributed by atoms with Gasteiger partial charge in [0.1, 0.15) is 0 Å². The fourth-order valence-corrected chi connectivity index (χ4v) is 3.64. The molecule has 0 aliphatic heterocycles. The number of ether oxygens (including phenoxy) is 2. The Labute approximate surface area is 191 Å². The number of carbonyl (C=O) groups excluding carboxylic acids is 2. The molecule has 0 heterocycles. The molecule has 0 saturated heterocycles. The SMILES string of the molecule is CCCCCCCCOC(=O)C(C)(CCCCCCO)C(=O)OCCCCCCCC. The smallest absolute Gasteiger partial charge is 0.323 e. The van der Waals surface area contributed by atoms with Gasteiger partial charge in [0.25, 0.3) is 0 Å². The van der Waals surface area contributed by atoms with E-state index in [0.29, 0.717) is 19.6 Å². The van der Waals surface area contributed by atoms with Crippen molar-refractivity contribution in [1.82, 2.24) is 0 Å². The first-order valence-corrected chi connectivity index (χ1v) is 13.0. The lowest BCUT2D eigenvalue weighted by Gasteiger charge is -2.25. The quantitative estimate of drug-likeness (QED) is 0.114. The minimum Gasteiger partial charge on any atom is -0.465 e. The summed E-state index contributed by atoms with van der Waals surface area (Å²) in [7, 11) is 0. The van der Waals surface area contributed by atoms with Crippen molar-refractivity contribution in [3.8, 4) is 0 Å². The first-order chi connectivity index (χ1) is 15.0. The number of carbonyl (C=O) groups is 2. The van der Waals surface area contributed by atoms with Crippen LogP contribution in [0.3, 0.4) is 0 Å². The van der Waals surface area contributed by atoms with Gasteiger partial charge >= 0.3 is 11.9 Å². The molecule has 0 aliphatic rings. The maximum atomic E-state index is 12.8.